The molecule has 0 aromatic heterocycles. The van der Waals surface area contributed by atoms with Crippen molar-refractivity contribution < 1.29 is 8.42 Å². The second-order valence-electron chi connectivity index (χ2n) is 4.24. The zero-order valence-corrected chi connectivity index (χ0v) is 12.3. The summed E-state index contributed by atoms with van der Waals surface area (Å²) in [4.78, 5) is 0. The standard InChI is InChI=1S/C11H25NO2S2/c1-4-7-12-11(2)6-5-8-15-9-10-16(3,13)14/h11-12H,4-10H2,1-3H3. The molecule has 1 atom stereocenters. The summed E-state index contributed by atoms with van der Waals surface area (Å²) in [6.07, 6.45) is 4.80. The fourth-order valence-electron chi connectivity index (χ4n) is 1.30. The minimum absolute atomic E-state index is 0.307. The Labute approximate surface area is 105 Å². The van der Waals surface area contributed by atoms with Crippen molar-refractivity contribution in [2.75, 3.05) is 30.1 Å². The maximum atomic E-state index is 10.9. The molecular weight excluding hydrogens is 242 g/mol. The Bertz CT molecular complexity index is 253. The van der Waals surface area contributed by atoms with Gasteiger partial charge >= 0.3 is 0 Å². The molecule has 0 saturated carbocycles. The van der Waals surface area contributed by atoms with Crippen molar-refractivity contribution >= 4 is 21.6 Å². The van der Waals surface area contributed by atoms with Gasteiger partial charge in [0.05, 0.1) is 5.75 Å². The summed E-state index contributed by atoms with van der Waals surface area (Å²) >= 11 is 1.74. The lowest BCUT2D eigenvalue weighted by Crippen LogP contribution is -2.26. The second-order valence-corrected chi connectivity index (χ2v) is 7.72. The monoisotopic (exact) mass is 267 g/mol. The molecule has 0 amide bonds. The van der Waals surface area contributed by atoms with E-state index < -0.39 is 9.84 Å². The number of thioether (sulfide) groups is 1. The largest absolute Gasteiger partial charge is 0.314 e. The van der Waals surface area contributed by atoms with Crippen molar-refractivity contribution in [1.29, 1.82) is 0 Å². The van der Waals surface area contributed by atoms with Gasteiger partial charge in [0, 0.05) is 18.1 Å². The SMILES string of the molecule is CCCNC(C)CCCSCCS(C)(=O)=O. The van der Waals surface area contributed by atoms with E-state index in [1.54, 1.807) is 11.8 Å². The van der Waals surface area contributed by atoms with Gasteiger partial charge in [-0.25, -0.2) is 8.42 Å². The quantitative estimate of drug-likeness (QED) is 0.614. The van der Waals surface area contributed by atoms with Gasteiger partial charge in [-0.3, -0.25) is 0 Å². The third kappa shape index (κ3) is 12.3. The summed E-state index contributed by atoms with van der Waals surface area (Å²) < 4.78 is 21.7. The first kappa shape index (κ1) is 16.3. The molecule has 1 N–H and O–H groups in total. The Kier molecular flexibility index (Phi) is 9.46. The Hall–Kier alpha value is 0.260. The highest BCUT2D eigenvalue weighted by atomic mass is 32.2. The van der Waals surface area contributed by atoms with E-state index in [1.807, 2.05) is 0 Å². The van der Waals surface area contributed by atoms with Crippen molar-refractivity contribution in [2.24, 2.45) is 0 Å². The lowest BCUT2D eigenvalue weighted by atomic mass is 10.2. The average Bonchev–Trinajstić information content (AvgIpc) is 2.18. The van der Waals surface area contributed by atoms with E-state index in [1.165, 1.54) is 19.1 Å². The number of hydrogen-bond donors (Lipinski definition) is 1. The van der Waals surface area contributed by atoms with Crippen molar-refractivity contribution in [3.63, 3.8) is 0 Å². The highest BCUT2D eigenvalue weighted by molar-refractivity contribution is 8.00. The first-order chi connectivity index (χ1) is 7.45. The number of rotatable bonds is 10. The van der Waals surface area contributed by atoms with Gasteiger partial charge in [0.1, 0.15) is 9.84 Å². The summed E-state index contributed by atoms with van der Waals surface area (Å²) in [5.74, 6) is 2.10. The van der Waals surface area contributed by atoms with Crippen LogP contribution in [0.3, 0.4) is 0 Å². The predicted octanol–water partition coefficient (Wildman–Crippen LogP) is 1.93. The fourth-order valence-corrected chi connectivity index (χ4v) is 3.55. The van der Waals surface area contributed by atoms with Crippen LogP contribution >= 0.6 is 11.8 Å². The highest BCUT2D eigenvalue weighted by Crippen LogP contribution is 2.07. The number of sulfone groups is 1. The van der Waals surface area contributed by atoms with Crippen LogP contribution < -0.4 is 5.32 Å². The van der Waals surface area contributed by atoms with Gasteiger partial charge in [-0.2, -0.15) is 11.8 Å². The Morgan fingerprint density at radius 2 is 2.00 bits per heavy atom. The van der Waals surface area contributed by atoms with Crippen molar-refractivity contribution in [2.45, 2.75) is 39.2 Å². The molecule has 0 aromatic rings. The van der Waals surface area contributed by atoms with E-state index in [2.05, 4.69) is 19.2 Å². The predicted molar refractivity (Wildman–Crippen MR) is 74.0 cm³/mol. The molecule has 16 heavy (non-hydrogen) atoms. The Morgan fingerprint density at radius 1 is 1.31 bits per heavy atom. The molecule has 0 aliphatic carbocycles. The molecule has 0 rings (SSSR count). The molecule has 0 saturated heterocycles. The summed E-state index contributed by atoms with van der Waals surface area (Å²) in [6.45, 7) is 5.46. The van der Waals surface area contributed by atoms with Crippen LogP contribution in [0.5, 0.6) is 0 Å². The summed E-state index contributed by atoms with van der Waals surface area (Å²) in [7, 11) is -2.77. The minimum atomic E-state index is -2.77. The molecule has 0 heterocycles. The first-order valence-corrected chi connectivity index (χ1v) is 9.16. The molecule has 0 bridgehead atoms. The highest BCUT2D eigenvalue weighted by Gasteiger charge is 2.02. The number of hydrogen-bond acceptors (Lipinski definition) is 4. The molecule has 0 aliphatic heterocycles. The van der Waals surface area contributed by atoms with Gasteiger partial charge in [0.25, 0.3) is 0 Å². The average molecular weight is 267 g/mol. The van der Waals surface area contributed by atoms with Gasteiger partial charge in [0.2, 0.25) is 0 Å². The van der Waals surface area contributed by atoms with E-state index in [9.17, 15) is 8.42 Å². The summed E-state index contributed by atoms with van der Waals surface area (Å²) in [5.41, 5.74) is 0. The topological polar surface area (TPSA) is 46.2 Å². The minimum Gasteiger partial charge on any atom is -0.314 e. The van der Waals surface area contributed by atoms with Gasteiger partial charge in [-0.15, -0.1) is 0 Å². The molecule has 0 fully saturated rings. The van der Waals surface area contributed by atoms with E-state index in [0.717, 1.165) is 24.5 Å². The zero-order chi connectivity index (χ0) is 12.4. The van der Waals surface area contributed by atoms with Crippen LogP contribution in [0.25, 0.3) is 0 Å². The normalized spacial score (nSPS) is 13.9. The van der Waals surface area contributed by atoms with E-state index >= 15 is 0 Å². The first-order valence-electron chi connectivity index (χ1n) is 5.94. The maximum absolute atomic E-state index is 10.9. The molecule has 1 unspecified atom stereocenters. The lowest BCUT2D eigenvalue weighted by Gasteiger charge is -2.12. The van der Waals surface area contributed by atoms with Gasteiger partial charge in [-0.1, -0.05) is 6.92 Å². The molecule has 0 radical (unpaired) electrons. The molecule has 5 heteroatoms. The molecule has 0 spiro atoms. The van der Waals surface area contributed by atoms with E-state index in [-0.39, 0.29) is 0 Å². The van der Waals surface area contributed by atoms with Crippen LogP contribution in [-0.4, -0.2) is 44.5 Å². The molecule has 3 nitrogen and oxygen atoms in total. The van der Waals surface area contributed by atoms with Crippen LogP contribution in [0.2, 0.25) is 0 Å². The van der Waals surface area contributed by atoms with Crippen LogP contribution in [0.1, 0.15) is 33.1 Å². The third-order valence-electron chi connectivity index (χ3n) is 2.27. The molecule has 0 aromatic carbocycles. The van der Waals surface area contributed by atoms with Crippen molar-refractivity contribution in [1.82, 2.24) is 5.32 Å². The van der Waals surface area contributed by atoms with Crippen LogP contribution in [-0.2, 0) is 9.84 Å². The zero-order valence-electron chi connectivity index (χ0n) is 10.7. The van der Waals surface area contributed by atoms with Gasteiger partial charge in [-0.05, 0) is 38.5 Å². The second kappa shape index (κ2) is 9.31. The smallest absolute Gasteiger partial charge is 0.148 e. The third-order valence-corrected chi connectivity index (χ3v) is 4.54. The van der Waals surface area contributed by atoms with Crippen LogP contribution in [0.4, 0.5) is 0 Å². The van der Waals surface area contributed by atoms with Gasteiger partial charge < -0.3 is 5.32 Å². The molecule has 98 valence electrons. The summed E-state index contributed by atoms with van der Waals surface area (Å²) in [5, 5.41) is 3.44. The van der Waals surface area contributed by atoms with Crippen LogP contribution in [0.15, 0.2) is 0 Å². The summed E-state index contributed by atoms with van der Waals surface area (Å²) in [6, 6.07) is 0.579. The lowest BCUT2D eigenvalue weighted by molar-refractivity contribution is 0.510. The van der Waals surface area contributed by atoms with E-state index in [4.69, 9.17) is 0 Å². The van der Waals surface area contributed by atoms with Crippen LogP contribution in [0, 0.1) is 0 Å². The van der Waals surface area contributed by atoms with Crippen molar-refractivity contribution in [3.8, 4) is 0 Å². The van der Waals surface area contributed by atoms with Gasteiger partial charge in [0.15, 0.2) is 0 Å². The maximum Gasteiger partial charge on any atom is 0.148 e. The number of nitrogens with one attached hydrogen (secondary N) is 1. The Morgan fingerprint density at radius 3 is 2.56 bits per heavy atom. The fraction of sp³-hybridized carbons (Fsp3) is 1.00. The molecule has 0 aliphatic rings. The van der Waals surface area contributed by atoms with E-state index in [0.29, 0.717) is 11.8 Å². The molecular formula is C11H25NO2S2. The Balaban J connectivity index is 3.27. The van der Waals surface area contributed by atoms with Crippen molar-refractivity contribution in [3.05, 3.63) is 0 Å².